The molecule has 0 bridgehead atoms. The zero-order valence-corrected chi connectivity index (χ0v) is 11.7. The molecule has 1 saturated heterocycles. The van der Waals surface area contributed by atoms with Crippen molar-refractivity contribution in [3.8, 4) is 0 Å². The third-order valence-electron chi connectivity index (χ3n) is 3.45. The van der Waals surface area contributed by atoms with E-state index in [1.165, 1.54) is 0 Å². The Kier molecular flexibility index (Phi) is 4.43. The normalized spacial score (nSPS) is 16.9. The van der Waals surface area contributed by atoms with E-state index >= 15 is 0 Å². The van der Waals surface area contributed by atoms with E-state index in [2.05, 4.69) is 23.6 Å². The molecule has 4 heteroatoms. The van der Waals surface area contributed by atoms with Crippen LogP contribution >= 0.6 is 0 Å². The van der Waals surface area contributed by atoms with Crippen LogP contribution in [0.15, 0.2) is 24.3 Å². The Morgan fingerprint density at radius 1 is 1.26 bits per heavy atom. The largest absolute Gasteiger partial charge is 0.478 e. The van der Waals surface area contributed by atoms with Crippen LogP contribution in [0.4, 0.5) is 5.69 Å². The number of carboxylic acid groups (broad SMARTS) is 1. The van der Waals surface area contributed by atoms with E-state index in [4.69, 9.17) is 5.11 Å². The summed E-state index contributed by atoms with van der Waals surface area (Å²) in [7, 11) is 0. The molecule has 1 heterocycles. The Morgan fingerprint density at radius 2 is 1.95 bits per heavy atom. The van der Waals surface area contributed by atoms with Crippen LogP contribution in [0.25, 0.3) is 0 Å². The zero-order valence-electron chi connectivity index (χ0n) is 11.7. The SMILES string of the molecule is CC(C)CN1CCN(c2cccc(C(=O)O)c2)CC1. The van der Waals surface area contributed by atoms with Gasteiger partial charge >= 0.3 is 5.97 Å². The molecule has 0 amide bonds. The van der Waals surface area contributed by atoms with Crippen molar-refractivity contribution in [2.45, 2.75) is 13.8 Å². The fraction of sp³-hybridized carbons (Fsp3) is 0.533. The molecule has 0 atom stereocenters. The molecule has 1 N–H and O–H groups in total. The van der Waals surface area contributed by atoms with Crippen LogP contribution in [0.2, 0.25) is 0 Å². The minimum absolute atomic E-state index is 0.363. The molecule has 2 rings (SSSR count). The molecule has 0 aliphatic carbocycles. The Hall–Kier alpha value is -1.55. The van der Waals surface area contributed by atoms with Gasteiger partial charge in [-0.2, -0.15) is 0 Å². The van der Waals surface area contributed by atoms with Crippen molar-refractivity contribution < 1.29 is 9.90 Å². The molecule has 0 saturated carbocycles. The van der Waals surface area contributed by atoms with E-state index in [1.807, 2.05) is 12.1 Å². The van der Waals surface area contributed by atoms with E-state index in [-0.39, 0.29) is 0 Å². The predicted molar refractivity (Wildman–Crippen MR) is 76.9 cm³/mol. The first-order chi connectivity index (χ1) is 9.06. The average Bonchev–Trinajstić information content (AvgIpc) is 2.39. The molecule has 19 heavy (non-hydrogen) atoms. The summed E-state index contributed by atoms with van der Waals surface area (Å²) < 4.78 is 0. The third-order valence-corrected chi connectivity index (χ3v) is 3.45. The summed E-state index contributed by atoms with van der Waals surface area (Å²) >= 11 is 0. The predicted octanol–water partition coefficient (Wildman–Crippen LogP) is 2.16. The molecule has 1 aliphatic rings. The van der Waals surface area contributed by atoms with Crippen molar-refractivity contribution in [2.75, 3.05) is 37.6 Å². The van der Waals surface area contributed by atoms with E-state index in [1.54, 1.807) is 12.1 Å². The highest BCUT2D eigenvalue weighted by molar-refractivity contribution is 5.88. The molecule has 0 aromatic heterocycles. The summed E-state index contributed by atoms with van der Waals surface area (Å²) in [6, 6.07) is 7.21. The van der Waals surface area contributed by atoms with Crippen molar-refractivity contribution in [1.82, 2.24) is 4.90 Å². The molecule has 0 spiro atoms. The summed E-state index contributed by atoms with van der Waals surface area (Å²) in [5.74, 6) is -0.165. The summed E-state index contributed by atoms with van der Waals surface area (Å²) in [5.41, 5.74) is 1.38. The number of carbonyl (C=O) groups is 1. The first-order valence-electron chi connectivity index (χ1n) is 6.87. The van der Waals surface area contributed by atoms with Gasteiger partial charge in [0.05, 0.1) is 5.56 Å². The lowest BCUT2D eigenvalue weighted by Gasteiger charge is -2.36. The maximum absolute atomic E-state index is 11.0. The van der Waals surface area contributed by atoms with Crippen molar-refractivity contribution in [3.63, 3.8) is 0 Å². The molecule has 1 aliphatic heterocycles. The minimum atomic E-state index is -0.861. The second-order valence-corrected chi connectivity index (χ2v) is 5.54. The highest BCUT2D eigenvalue weighted by Gasteiger charge is 2.18. The molecule has 104 valence electrons. The lowest BCUT2D eigenvalue weighted by Crippen LogP contribution is -2.47. The Bertz CT molecular complexity index is 438. The zero-order chi connectivity index (χ0) is 13.8. The molecular weight excluding hydrogens is 240 g/mol. The average molecular weight is 262 g/mol. The Balaban J connectivity index is 1.97. The smallest absolute Gasteiger partial charge is 0.335 e. The van der Waals surface area contributed by atoms with Gasteiger partial charge in [0, 0.05) is 38.4 Å². The summed E-state index contributed by atoms with van der Waals surface area (Å²) in [6.07, 6.45) is 0. The summed E-state index contributed by atoms with van der Waals surface area (Å²) in [5, 5.41) is 9.02. The molecule has 0 radical (unpaired) electrons. The first kappa shape index (κ1) is 13.9. The van der Waals surface area contributed by atoms with E-state index in [9.17, 15) is 4.79 Å². The van der Waals surface area contributed by atoms with Gasteiger partial charge in [0.15, 0.2) is 0 Å². The molecule has 1 aromatic rings. The molecule has 4 nitrogen and oxygen atoms in total. The third kappa shape index (κ3) is 3.70. The van der Waals surface area contributed by atoms with Gasteiger partial charge in [-0.3, -0.25) is 4.90 Å². The first-order valence-corrected chi connectivity index (χ1v) is 6.87. The second kappa shape index (κ2) is 6.06. The van der Waals surface area contributed by atoms with Gasteiger partial charge in [-0.1, -0.05) is 19.9 Å². The number of benzene rings is 1. The van der Waals surface area contributed by atoms with Crippen LogP contribution in [0.5, 0.6) is 0 Å². The van der Waals surface area contributed by atoms with Crippen LogP contribution in [0, 0.1) is 5.92 Å². The van der Waals surface area contributed by atoms with Gasteiger partial charge in [0.2, 0.25) is 0 Å². The van der Waals surface area contributed by atoms with Crippen molar-refractivity contribution >= 4 is 11.7 Å². The van der Waals surface area contributed by atoms with Crippen LogP contribution < -0.4 is 4.90 Å². The number of nitrogens with zero attached hydrogens (tertiary/aromatic N) is 2. The highest BCUT2D eigenvalue weighted by Crippen LogP contribution is 2.18. The lowest BCUT2D eigenvalue weighted by molar-refractivity contribution is 0.0697. The van der Waals surface area contributed by atoms with Gasteiger partial charge < -0.3 is 10.0 Å². The summed E-state index contributed by atoms with van der Waals surface area (Å²) in [4.78, 5) is 15.7. The number of hydrogen-bond donors (Lipinski definition) is 1. The standard InChI is InChI=1S/C15H22N2O2/c1-12(2)11-16-6-8-17(9-7-16)14-5-3-4-13(10-14)15(18)19/h3-5,10,12H,6-9,11H2,1-2H3,(H,18,19). The van der Waals surface area contributed by atoms with Crippen LogP contribution in [0.3, 0.4) is 0 Å². The van der Waals surface area contributed by atoms with Gasteiger partial charge in [0.25, 0.3) is 0 Å². The molecular formula is C15H22N2O2. The van der Waals surface area contributed by atoms with Gasteiger partial charge in [-0.15, -0.1) is 0 Å². The number of rotatable bonds is 4. The highest BCUT2D eigenvalue weighted by atomic mass is 16.4. The van der Waals surface area contributed by atoms with Crippen molar-refractivity contribution in [3.05, 3.63) is 29.8 Å². The maximum atomic E-state index is 11.0. The number of hydrogen-bond acceptors (Lipinski definition) is 3. The fourth-order valence-corrected chi connectivity index (χ4v) is 2.54. The van der Waals surface area contributed by atoms with Gasteiger partial charge in [0.1, 0.15) is 0 Å². The maximum Gasteiger partial charge on any atom is 0.335 e. The second-order valence-electron chi connectivity index (χ2n) is 5.54. The molecule has 1 fully saturated rings. The minimum Gasteiger partial charge on any atom is -0.478 e. The number of aromatic carboxylic acids is 1. The Labute approximate surface area is 114 Å². The van der Waals surface area contributed by atoms with E-state index in [0.717, 1.165) is 38.4 Å². The van der Waals surface area contributed by atoms with Crippen LogP contribution in [-0.4, -0.2) is 48.7 Å². The topological polar surface area (TPSA) is 43.8 Å². The van der Waals surface area contributed by atoms with Crippen molar-refractivity contribution in [1.29, 1.82) is 0 Å². The van der Waals surface area contributed by atoms with Gasteiger partial charge in [-0.05, 0) is 24.1 Å². The Morgan fingerprint density at radius 3 is 2.53 bits per heavy atom. The lowest BCUT2D eigenvalue weighted by atomic mass is 10.1. The van der Waals surface area contributed by atoms with Crippen LogP contribution in [-0.2, 0) is 0 Å². The van der Waals surface area contributed by atoms with E-state index in [0.29, 0.717) is 11.5 Å². The number of piperazine rings is 1. The van der Waals surface area contributed by atoms with Gasteiger partial charge in [-0.25, -0.2) is 4.79 Å². The monoisotopic (exact) mass is 262 g/mol. The quantitative estimate of drug-likeness (QED) is 0.903. The van der Waals surface area contributed by atoms with E-state index < -0.39 is 5.97 Å². The van der Waals surface area contributed by atoms with Crippen molar-refractivity contribution in [2.24, 2.45) is 5.92 Å². The number of anilines is 1. The summed E-state index contributed by atoms with van der Waals surface area (Å²) in [6.45, 7) is 9.66. The number of carboxylic acids is 1. The fourth-order valence-electron chi connectivity index (χ4n) is 2.54. The molecule has 1 aromatic carbocycles. The molecule has 0 unspecified atom stereocenters. The van der Waals surface area contributed by atoms with Crippen LogP contribution in [0.1, 0.15) is 24.2 Å².